The highest BCUT2D eigenvalue weighted by atomic mass is 32.1. The van der Waals surface area contributed by atoms with Crippen LogP contribution in [0, 0.1) is 11.6 Å². The highest BCUT2D eigenvalue weighted by molar-refractivity contribution is 7.20. The van der Waals surface area contributed by atoms with Crippen LogP contribution in [0.1, 0.15) is 27.3 Å². The van der Waals surface area contributed by atoms with Gasteiger partial charge in [-0.1, -0.05) is 17.4 Å². The fourth-order valence-corrected chi connectivity index (χ4v) is 5.00. The molecule has 1 amide bonds. The topological polar surface area (TPSA) is 68.0 Å². The van der Waals surface area contributed by atoms with E-state index < -0.39 is 23.1 Å². The third kappa shape index (κ3) is 2.91. The van der Waals surface area contributed by atoms with E-state index in [0.29, 0.717) is 5.13 Å². The lowest BCUT2D eigenvalue weighted by Crippen LogP contribution is -2.15. The van der Waals surface area contributed by atoms with Crippen molar-refractivity contribution in [2.24, 2.45) is 0 Å². The third-order valence-electron chi connectivity index (χ3n) is 4.00. The Bertz CT molecular complexity index is 960. The number of carbonyl (C=O) groups is 1. The Morgan fingerprint density at radius 1 is 1.20 bits per heavy atom. The van der Waals surface area contributed by atoms with Crippen molar-refractivity contribution < 1.29 is 13.6 Å². The Morgan fingerprint density at radius 3 is 2.72 bits per heavy atom. The maximum atomic E-state index is 13.8. The first kappa shape index (κ1) is 16.2. The molecule has 2 aromatic heterocycles. The summed E-state index contributed by atoms with van der Waals surface area (Å²) in [6.45, 7) is 0. The molecule has 0 saturated heterocycles. The molecular formula is C17H13F2N3OS2. The van der Waals surface area contributed by atoms with Gasteiger partial charge < -0.3 is 5.73 Å². The first-order valence-electron chi connectivity index (χ1n) is 7.66. The lowest BCUT2D eigenvalue weighted by molar-refractivity contribution is 0.101. The molecular weight excluding hydrogens is 364 g/mol. The number of hydrogen-bond acceptors (Lipinski definition) is 5. The van der Waals surface area contributed by atoms with Gasteiger partial charge in [0.25, 0.3) is 5.91 Å². The van der Waals surface area contributed by atoms with E-state index in [0.717, 1.165) is 52.5 Å². The summed E-state index contributed by atoms with van der Waals surface area (Å²) in [5, 5.41) is 3.59. The summed E-state index contributed by atoms with van der Waals surface area (Å²) >= 11 is 2.86. The van der Waals surface area contributed by atoms with E-state index in [1.165, 1.54) is 22.3 Å². The number of nitrogens with zero attached hydrogens (tertiary/aromatic N) is 1. The van der Waals surface area contributed by atoms with Gasteiger partial charge in [-0.15, -0.1) is 11.3 Å². The summed E-state index contributed by atoms with van der Waals surface area (Å²) in [4.78, 5) is 18.9. The van der Waals surface area contributed by atoms with Crippen LogP contribution in [0.2, 0.25) is 0 Å². The van der Waals surface area contributed by atoms with Crippen LogP contribution < -0.4 is 11.1 Å². The summed E-state index contributed by atoms with van der Waals surface area (Å²) in [5.74, 6) is -2.64. The molecule has 0 bridgehead atoms. The largest absolute Gasteiger partial charge is 0.391 e. The third-order valence-corrected chi connectivity index (χ3v) is 6.07. The second-order valence-corrected chi connectivity index (χ2v) is 7.85. The van der Waals surface area contributed by atoms with E-state index >= 15 is 0 Å². The number of rotatable bonds is 2. The Labute approximate surface area is 150 Å². The van der Waals surface area contributed by atoms with E-state index in [4.69, 9.17) is 5.73 Å². The van der Waals surface area contributed by atoms with Gasteiger partial charge in [-0.25, -0.2) is 13.8 Å². The second kappa shape index (κ2) is 6.20. The zero-order valence-electron chi connectivity index (χ0n) is 12.9. The van der Waals surface area contributed by atoms with Crippen LogP contribution in [0.15, 0.2) is 24.3 Å². The van der Waals surface area contributed by atoms with Gasteiger partial charge >= 0.3 is 0 Å². The number of nitrogens with one attached hydrogen (secondary N) is 1. The summed E-state index contributed by atoms with van der Waals surface area (Å²) < 4.78 is 27.5. The number of benzene rings is 1. The fraction of sp³-hybridized carbons (Fsp3) is 0.176. The molecule has 0 spiro atoms. The van der Waals surface area contributed by atoms with Crippen molar-refractivity contribution in [3.8, 4) is 10.4 Å². The molecule has 4 rings (SSSR count). The average Bonchev–Trinajstić information content (AvgIpc) is 3.07. The first-order valence-corrected chi connectivity index (χ1v) is 9.30. The van der Waals surface area contributed by atoms with Crippen LogP contribution in [0.25, 0.3) is 10.4 Å². The zero-order chi connectivity index (χ0) is 17.6. The van der Waals surface area contributed by atoms with Crippen LogP contribution in [-0.4, -0.2) is 10.9 Å². The molecule has 2 heterocycles. The van der Waals surface area contributed by atoms with Crippen molar-refractivity contribution in [3.05, 3.63) is 52.0 Å². The Morgan fingerprint density at radius 2 is 1.96 bits per heavy atom. The van der Waals surface area contributed by atoms with E-state index in [1.807, 2.05) is 6.07 Å². The summed E-state index contributed by atoms with van der Waals surface area (Å²) in [7, 11) is 0. The number of anilines is 2. The number of amides is 1. The molecule has 4 nitrogen and oxygen atoms in total. The minimum Gasteiger partial charge on any atom is -0.391 e. The minimum absolute atomic E-state index is 0.329. The predicted molar refractivity (Wildman–Crippen MR) is 96.2 cm³/mol. The number of nitrogens with two attached hydrogens (primary N) is 1. The Hall–Kier alpha value is -2.32. The van der Waals surface area contributed by atoms with Crippen LogP contribution in [0.5, 0.6) is 0 Å². The van der Waals surface area contributed by atoms with Crippen LogP contribution in [0.3, 0.4) is 0 Å². The van der Waals surface area contributed by atoms with Gasteiger partial charge in [0.2, 0.25) is 0 Å². The standard InChI is InChI=1S/C17H13F2N3OS2/c18-9-3-1-4-10(19)14(9)16(23)22-17-21-11-5-2-6-12-8(15(11)25-17)7-13(20)24-12/h1,3-4,7H,2,5-6,20H2,(H,21,22,23). The van der Waals surface area contributed by atoms with E-state index in [9.17, 15) is 13.6 Å². The Kier molecular flexibility index (Phi) is 4.01. The molecule has 0 unspecified atom stereocenters. The number of thiophene rings is 1. The minimum atomic E-state index is -0.900. The van der Waals surface area contributed by atoms with E-state index in [-0.39, 0.29) is 0 Å². The maximum absolute atomic E-state index is 13.8. The van der Waals surface area contributed by atoms with Crippen molar-refractivity contribution in [2.45, 2.75) is 19.3 Å². The number of fused-ring (bicyclic) bond motifs is 3. The quantitative estimate of drug-likeness (QED) is 0.692. The molecule has 0 radical (unpaired) electrons. The number of aromatic nitrogens is 1. The lowest BCUT2D eigenvalue weighted by atomic mass is 10.2. The van der Waals surface area contributed by atoms with Gasteiger partial charge in [0, 0.05) is 10.4 Å². The number of nitrogen functional groups attached to an aromatic ring is 1. The van der Waals surface area contributed by atoms with Gasteiger partial charge in [-0.05, 0) is 37.5 Å². The van der Waals surface area contributed by atoms with Crippen LogP contribution in [-0.2, 0) is 12.8 Å². The molecule has 0 fully saturated rings. The summed E-state index contributed by atoms with van der Waals surface area (Å²) in [6, 6.07) is 5.24. The smallest absolute Gasteiger partial charge is 0.263 e. The van der Waals surface area contributed by atoms with Gasteiger partial charge in [0.1, 0.15) is 17.2 Å². The van der Waals surface area contributed by atoms with Crippen molar-refractivity contribution in [2.75, 3.05) is 11.1 Å². The highest BCUT2D eigenvalue weighted by Gasteiger charge is 2.23. The first-order chi connectivity index (χ1) is 12.0. The Balaban J connectivity index is 1.68. The number of carbonyl (C=O) groups excluding carboxylic acids is 1. The molecule has 25 heavy (non-hydrogen) atoms. The van der Waals surface area contributed by atoms with E-state index in [1.54, 1.807) is 11.3 Å². The molecule has 3 aromatic rings. The average molecular weight is 377 g/mol. The number of thiazole rings is 1. The SMILES string of the molecule is Nc1cc2c(s1)CCCc1nc(NC(=O)c3c(F)cccc3F)sc1-2. The van der Waals surface area contributed by atoms with Crippen molar-refractivity contribution in [1.82, 2.24) is 4.98 Å². The lowest BCUT2D eigenvalue weighted by Gasteiger charge is -2.04. The van der Waals surface area contributed by atoms with E-state index in [2.05, 4.69) is 10.3 Å². The normalized spacial score (nSPS) is 13.0. The highest BCUT2D eigenvalue weighted by Crippen LogP contribution is 2.43. The maximum Gasteiger partial charge on any atom is 0.263 e. The summed E-state index contributed by atoms with van der Waals surface area (Å²) in [5.41, 5.74) is 7.24. The molecule has 0 saturated carbocycles. The molecule has 128 valence electrons. The van der Waals surface area contributed by atoms with Crippen molar-refractivity contribution in [3.63, 3.8) is 0 Å². The second-order valence-electron chi connectivity index (χ2n) is 5.68. The molecule has 1 aliphatic carbocycles. The molecule has 0 atom stereocenters. The number of aryl methyl sites for hydroxylation is 2. The van der Waals surface area contributed by atoms with Crippen LogP contribution >= 0.6 is 22.7 Å². The zero-order valence-corrected chi connectivity index (χ0v) is 14.6. The monoisotopic (exact) mass is 377 g/mol. The number of hydrogen-bond donors (Lipinski definition) is 2. The summed E-state index contributed by atoms with van der Waals surface area (Å²) in [6.07, 6.45) is 2.68. The predicted octanol–water partition coefficient (Wildman–Crippen LogP) is 4.47. The van der Waals surface area contributed by atoms with Crippen molar-refractivity contribution in [1.29, 1.82) is 0 Å². The molecule has 0 aliphatic heterocycles. The molecule has 3 N–H and O–H groups in total. The van der Waals surface area contributed by atoms with Gasteiger partial charge in [0.05, 0.1) is 15.6 Å². The molecule has 1 aliphatic rings. The molecule has 8 heteroatoms. The van der Waals surface area contributed by atoms with Crippen LogP contribution in [0.4, 0.5) is 18.9 Å². The van der Waals surface area contributed by atoms with Gasteiger partial charge in [-0.3, -0.25) is 10.1 Å². The molecule has 1 aromatic carbocycles. The fourth-order valence-electron chi connectivity index (χ4n) is 2.90. The van der Waals surface area contributed by atoms with Gasteiger partial charge in [-0.2, -0.15) is 0 Å². The van der Waals surface area contributed by atoms with Crippen molar-refractivity contribution >= 4 is 38.7 Å². The number of halogens is 2. The van der Waals surface area contributed by atoms with Gasteiger partial charge in [0.15, 0.2) is 5.13 Å².